The van der Waals surface area contributed by atoms with Gasteiger partial charge in [0, 0.05) is 37.2 Å². The summed E-state index contributed by atoms with van der Waals surface area (Å²) in [6.07, 6.45) is -11.1. The van der Waals surface area contributed by atoms with Crippen LogP contribution in [0.25, 0.3) is 0 Å². The minimum Gasteiger partial charge on any atom is -0.493 e. The van der Waals surface area contributed by atoms with Gasteiger partial charge in [0.1, 0.15) is 30.5 Å². The van der Waals surface area contributed by atoms with Gasteiger partial charge in [0.15, 0.2) is 29.6 Å². The predicted molar refractivity (Wildman–Crippen MR) is 146 cm³/mol. The van der Waals surface area contributed by atoms with Crippen molar-refractivity contribution in [2.24, 2.45) is 5.73 Å². The number of aliphatic hydroxyl groups excluding tert-OH is 3. The normalized spacial score (nSPS) is 27.1. The number of nitrogens with zero attached hydrogens (tertiary/aromatic N) is 1. The highest BCUT2D eigenvalue weighted by atomic mass is 16.7. The molecular weight excluding hydrogens is 592 g/mol. The fourth-order valence-electron chi connectivity index (χ4n) is 4.73. The van der Waals surface area contributed by atoms with E-state index in [9.17, 15) is 34.5 Å². The molecule has 240 valence electrons. The van der Waals surface area contributed by atoms with E-state index < -0.39 is 78.0 Å². The van der Waals surface area contributed by atoms with Gasteiger partial charge >= 0.3 is 5.69 Å². The molecule has 18 nitrogen and oxygen atoms in total. The maximum atomic E-state index is 13.1. The van der Waals surface area contributed by atoms with Gasteiger partial charge in [-0.2, -0.15) is 0 Å². The molecule has 1 fully saturated rings. The minimum atomic E-state index is -1.86. The second-order valence-corrected chi connectivity index (χ2v) is 9.53. The molecule has 2 aliphatic rings. The molecule has 8 atom stereocenters. The van der Waals surface area contributed by atoms with Crippen molar-refractivity contribution in [2.75, 3.05) is 33.8 Å². The number of primary amides is 1. The largest absolute Gasteiger partial charge is 0.493 e. The molecule has 2 amide bonds. The molecule has 0 radical (unpaired) electrons. The van der Waals surface area contributed by atoms with E-state index in [1.165, 1.54) is 40.6 Å². The Morgan fingerprint density at radius 3 is 2.25 bits per heavy atom. The summed E-state index contributed by atoms with van der Waals surface area (Å²) >= 11 is 0. The highest BCUT2D eigenvalue weighted by Gasteiger charge is 2.52. The molecule has 18 heteroatoms. The first-order chi connectivity index (χ1) is 20.9. The first-order valence-corrected chi connectivity index (χ1v) is 12.9. The van der Waals surface area contributed by atoms with Crippen LogP contribution in [0.2, 0.25) is 0 Å². The fraction of sp³-hybridized carbons (Fsp3) is 0.462. The van der Waals surface area contributed by atoms with Crippen molar-refractivity contribution in [1.82, 2.24) is 9.55 Å². The molecule has 1 aromatic carbocycles. The summed E-state index contributed by atoms with van der Waals surface area (Å²) in [6.45, 7) is 0. The highest BCUT2D eigenvalue weighted by Crippen LogP contribution is 2.40. The Balaban J connectivity index is 1.56. The fourth-order valence-corrected chi connectivity index (χ4v) is 4.73. The van der Waals surface area contributed by atoms with E-state index in [1.54, 1.807) is 0 Å². The van der Waals surface area contributed by atoms with Crippen molar-refractivity contribution >= 4 is 17.5 Å². The predicted octanol–water partition coefficient (Wildman–Crippen LogP) is -2.69. The van der Waals surface area contributed by atoms with Gasteiger partial charge in [-0.25, -0.2) is 4.79 Å². The molecule has 0 saturated carbocycles. The zero-order valence-electron chi connectivity index (χ0n) is 23.9. The number of rotatable bonds is 11. The number of benzene rings is 1. The Labute approximate surface area is 248 Å². The maximum absolute atomic E-state index is 13.1. The van der Waals surface area contributed by atoms with Gasteiger partial charge in [-0.05, 0) is 6.08 Å². The number of ether oxygens (including phenoxy) is 7. The molecule has 44 heavy (non-hydrogen) atoms. The molecule has 1 aromatic heterocycles. The summed E-state index contributed by atoms with van der Waals surface area (Å²) < 4.78 is 38.8. The summed E-state index contributed by atoms with van der Waals surface area (Å²) in [5, 5.41) is 34.4. The third kappa shape index (κ3) is 6.39. The number of nitrogens with one attached hydrogen (secondary N) is 2. The molecule has 2 aromatic rings. The van der Waals surface area contributed by atoms with Crippen LogP contribution in [0.3, 0.4) is 0 Å². The first kappa shape index (κ1) is 32.5. The summed E-state index contributed by atoms with van der Waals surface area (Å²) in [6, 6.07) is 3.88. The lowest BCUT2D eigenvalue weighted by atomic mass is 10.0. The van der Waals surface area contributed by atoms with Crippen molar-refractivity contribution < 1.29 is 58.1 Å². The number of carbonyl (C=O) groups is 2. The van der Waals surface area contributed by atoms with Crippen molar-refractivity contribution in [1.29, 1.82) is 0 Å². The number of aliphatic hydroxyl groups is 3. The summed E-state index contributed by atoms with van der Waals surface area (Å²) in [5.74, 6) is -1.83. The van der Waals surface area contributed by atoms with E-state index in [-0.39, 0.29) is 22.9 Å². The molecule has 3 heterocycles. The smallest absolute Gasteiger partial charge is 0.330 e. The Kier molecular flexibility index (Phi) is 9.92. The van der Waals surface area contributed by atoms with Gasteiger partial charge in [0.05, 0.1) is 21.3 Å². The summed E-state index contributed by atoms with van der Waals surface area (Å²) in [7, 11) is 5.35. The number of methoxy groups -OCH3 is 4. The quantitative estimate of drug-likeness (QED) is 0.149. The lowest BCUT2D eigenvalue weighted by Gasteiger charge is -2.35. The molecule has 0 aliphatic carbocycles. The van der Waals surface area contributed by atoms with Crippen LogP contribution in [0.1, 0.15) is 6.23 Å². The van der Waals surface area contributed by atoms with Gasteiger partial charge in [0.2, 0.25) is 17.9 Å². The average Bonchev–Trinajstić information content (AvgIpc) is 3.31. The molecule has 7 N–H and O–H groups in total. The SMILES string of the molecule is COc1cc(NC(=O)C2=C[C@H](O)[C@H](O)[C@@H](O[C@@H](C(N)=O)[C@H]3O[C@@H](n4ccc(=O)[nH]c4=O)[C@H](O)[C@@H]3OC)O2)cc(OC)c1OC. The third-order valence-corrected chi connectivity index (χ3v) is 6.85. The molecule has 1 saturated heterocycles. The van der Waals surface area contributed by atoms with Crippen LogP contribution < -0.4 is 36.5 Å². The molecular formula is C26H32N4O14. The second kappa shape index (κ2) is 13.5. The van der Waals surface area contributed by atoms with Crippen LogP contribution in [0.4, 0.5) is 5.69 Å². The first-order valence-electron chi connectivity index (χ1n) is 12.9. The average molecular weight is 625 g/mol. The number of aromatic amines is 1. The van der Waals surface area contributed by atoms with Gasteiger partial charge in [-0.3, -0.25) is 23.9 Å². The van der Waals surface area contributed by atoms with Gasteiger partial charge in [-0.1, -0.05) is 0 Å². The van der Waals surface area contributed by atoms with Gasteiger partial charge in [0.25, 0.3) is 11.5 Å². The highest BCUT2D eigenvalue weighted by molar-refractivity contribution is 6.02. The van der Waals surface area contributed by atoms with E-state index in [1.807, 2.05) is 4.98 Å². The Bertz CT molecular complexity index is 1500. The van der Waals surface area contributed by atoms with Crippen LogP contribution in [-0.4, -0.2) is 108 Å². The molecule has 0 bridgehead atoms. The van der Waals surface area contributed by atoms with E-state index >= 15 is 0 Å². The molecule has 0 spiro atoms. The Hall–Kier alpha value is -4.46. The number of aromatic nitrogens is 2. The number of H-pyrrole nitrogens is 1. The van der Waals surface area contributed by atoms with E-state index in [2.05, 4.69) is 5.32 Å². The maximum Gasteiger partial charge on any atom is 0.330 e. The number of nitrogens with two attached hydrogens (primary N) is 1. The van der Waals surface area contributed by atoms with Crippen LogP contribution in [-0.2, 0) is 28.5 Å². The monoisotopic (exact) mass is 624 g/mol. The van der Waals surface area contributed by atoms with Crippen LogP contribution in [0, 0.1) is 0 Å². The Morgan fingerprint density at radius 2 is 1.70 bits per heavy atom. The molecule has 0 unspecified atom stereocenters. The minimum absolute atomic E-state index is 0.182. The van der Waals surface area contributed by atoms with Crippen molar-refractivity contribution in [3.05, 3.63) is 57.1 Å². The zero-order valence-corrected chi connectivity index (χ0v) is 23.9. The lowest BCUT2D eigenvalue weighted by molar-refractivity contribution is -0.241. The molecule has 2 aliphatic heterocycles. The van der Waals surface area contributed by atoms with Crippen molar-refractivity contribution in [2.45, 2.75) is 49.1 Å². The zero-order chi connectivity index (χ0) is 32.3. The van der Waals surface area contributed by atoms with Crippen LogP contribution in [0.15, 0.2) is 45.8 Å². The van der Waals surface area contributed by atoms with E-state index in [0.717, 1.165) is 22.9 Å². The molecule has 4 rings (SSSR count). The van der Waals surface area contributed by atoms with Gasteiger partial charge in [-0.15, -0.1) is 0 Å². The standard InChI is InChI=1S/C26H32N4O14/c1-38-12-7-10(8-13(39-2)18(12)40-3)28-23(36)14-9-11(31)16(33)25(42-14)44-21(22(27)35)20-19(41-4)17(34)24(43-20)30-6-5-15(32)29-26(30)37/h5-9,11,16-17,19-21,24-25,31,33-34H,1-4H3,(H2,27,35)(H,28,36)(H,29,32,37)/t11-,16-,17+,19-,20-,21+,24+,25+/m0/s1. The summed E-state index contributed by atoms with van der Waals surface area (Å²) in [5.41, 5.74) is 4.12. The number of hydrogen-bond acceptors (Lipinski definition) is 14. The van der Waals surface area contributed by atoms with E-state index in [4.69, 9.17) is 38.9 Å². The van der Waals surface area contributed by atoms with Crippen LogP contribution >= 0.6 is 0 Å². The summed E-state index contributed by atoms with van der Waals surface area (Å²) in [4.78, 5) is 51.4. The number of amides is 2. The number of carbonyl (C=O) groups excluding carboxylic acids is 2. The van der Waals surface area contributed by atoms with Crippen LogP contribution in [0.5, 0.6) is 17.2 Å². The topological polar surface area (TPSA) is 252 Å². The third-order valence-electron chi connectivity index (χ3n) is 6.85. The lowest BCUT2D eigenvalue weighted by Crippen LogP contribution is -2.53. The Morgan fingerprint density at radius 1 is 1.05 bits per heavy atom. The van der Waals surface area contributed by atoms with E-state index in [0.29, 0.717) is 0 Å². The van der Waals surface area contributed by atoms with Crippen molar-refractivity contribution in [3.63, 3.8) is 0 Å². The van der Waals surface area contributed by atoms with Crippen molar-refractivity contribution in [3.8, 4) is 17.2 Å². The van der Waals surface area contributed by atoms with Gasteiger partial charge < -0.3 is 59.5 Å². The number of hydrogen-bond donors (Lipinski definition) is 6. The number of anilines is 1. The second-order valence-electron chi connectivity index (χ2n) is 9.53.